The molecule has 0 spiro atoms. The summed E-state index contributed by atoms with van der Waals surface area (Å²) in [5.74, 6) is -1.02. The van der Waals surface area contributed by atoms with E-state index in [4.69, 9.17) is 0 Å². The zero-order valence-corrected chi connectivity index (χ0v) is 15.6. The second-order valence-corrected chi connectivity index (χ2v) is 5.31. The van der Waals surface area contributed by atoms with Gasteiger partial charge in [0.2, 0.25) is 0 Å². The summed E-state index contributed by atoms with van der Waals surface area (Å²) in [6.45, 7) is 2.51. The smallest absolute Gasteiger partial charge is 0.550 e. The molecule has 0 fully saturated rings. The molecule has 114 valence electrons. The number of rotatable bonds is 5. The van der Waals surface area contributed by atoms with Gasteiger partial charge in [0.15, 0.2) is 5.65 Å². The Morgan fingerprint density at radius 3 is 2.83 bits per heavy atom. The van der Waals surface area contributed by atoms with E-state index in [9.17, 15) is 9.90 Å². The van der Waals surface area contributed by atoms with Crippen molar-refractivity contribution in [3.8, 4) is 0 Å². The van der Waals surface area contributed by atoms with Crippen molar-refractivity contribution in [2.45, 2.75) is 19.8 Å². The normalized spacial score (nSPS) is 10.7. The number of carbonyl (C=O) groups is 1. The number of aryl methyl sites for hydroxylation is 2. The number of nitrogens with zero attached hydrogens (tertiary/aromatic N) is 3. The summed E-state index contributed by atoms with van der Waals surface area (Å²) < 4.78 is 1.77. The fraction of sp³-hybridized carbons (Fsp3) is 0.312. The molecule has 1 N–H and O–H groups in total. The molecule has 3 aromatic rings. The summed E-state index contributed by atoms with van der Waals surface area (Å²) in [7, 11) is 1.87. The van der Waals surface area contributed by atoms with Crippen LogP contribution in [0.3, 0.4) is 0 Å². The Morgan fingerprint density at radius 2 is 2.09 bits per heavy atom. The summed E-state index contributed by atoms with van der Waals surface area (Å²) >= 11 is 0. The van der Waals surface area contributed by atoms with Crippen LogP contribution in [0.2, 0.25) is 0 Å². The number of para-hydroxylation sites is 1. The van der Waals surface area contributed by atoms with Gasteiger partial charge in [-0.15, -0.1) is 0 Å². The average molecular weight is 320 g/mol. The van der Waals surface area contributed by atoms with Gasteiger partial charge in [-0.1, -0.05) is 18.2 Å². The molecule has 7 heteroatoms. The van der Waals surface area contributed by atoms with Crippen molar-refractivity contribution in [1.82, 2.24) is 14.8 Å². The van der Waals surface area contributed by atoms with Crippen LogP contribution in [0.15, 0.2) is 24.3 Å². The topological polar surface area (TPSA) is 82.9 Å². The van der Waals surface area contributed by atoms with Crippen molar-refractivity contribution in [2.75, 3.05) is 11.9 Å². The van der Waals surface area contributed by atoms with Gasteiger partial charge >= 0.3 is 29.6 Å². The average Bonchev–Trinajstić information content (AvgIpc) is 2.77. The fourth-order valence-corrected chi connectivity index (χ4v) is 2.73. The van der Waals surface area contributed by atoms with Crippen molar-refractivity contribution in [3.05, 3.63) is 30.0 Å². The van der Waals surface area contributed by atoms with Crippen LogP contribution in [0.4, 0.5) is 5.69 Å². The molecule has 0 aliphatic rings. The number of carboxylic acid groups (broad SMARTS) is 1. The molecule has 0 radical (unpaired) electrons. The number of carbonyl (C=O) groups excluding carboxylic acids is 1. The molecular weight excluding hydrogens is 303 g/mol. The number of carboxylic acids is 1. The molecule has 0 unspecified atom stereocenters. The van der Waals surface area contributed by atoms with Gasteiger partial charge in [0.05, 0.1) is 22.3 Å². The number of nitrogens with one attached hydrogen (secondary N) is 1. The molecular formula is C16H17N4NaO2. The molecule has 0 aliphatic heterocycles. The van der Waals surface area contributed by atoms with Gasteiger partial charge in [-0.3, -0.25) is 4.68 Å². The third kappa shape index (κ3) is 3.49. The number of aliphatic carboxylic acids is 1. The summed E-state index contributed by atoms with van der Waals surface area (Å²) in [6.07, 6.45) is 0.560. The first kappa shape index (κ1) is 17.7. The van der Waals surface area contributed by atoms with Crippen LogP contribution in [-0.4, -0.2) is 27.3 Å². The number of aromatic nitrogens is 3. The van der Waals surface area contributed by atoms with E-state index in [1.54, 1.807) is 4.68 Å². The van der Waals surface area contributed by atoms with E-state index in [-0.39, 0.29) is 36.0 Å². The van der Waals surface area contributed by atoms with Gasteiger partial charge in [0, 0.05) is 24.9 Å². The van der Waals surface area contributed by atoms with Crippen molar-refractivity contribution >= 4 is 33.6 Å². The summed E-state index contributed by atoms with van der Waals surface area (Å²) in [5.41, 5.74) is 3.57. The Kier molecular flexibility index (Phi) is 5.62. The molecule has 6 nitrogen and oxygen atoms in total. The Hall–Kier alpha value is -1.63. The van der Waals surface area contributed by atoms with Gasteiger partial charge in [-0.2, -0.15) is 5.10 Å². The van der Waals surface area contributed by atoms with Gasteiger partial charge < -0.3 is 15.2 Å². The van der Waals surface area contributed by atoms with E-state index in [0.717, 1.165) is 33.3 Å². The Balaban J connectivity index is 0.00000192. The molecule has 0 aliphatic carbocycles. The van der Waals surface area contributed by atoms with E-state index < -0.39 is 5.97 Å². The number of benzene rings is 1. The predicted molar refractivity (Wildman–Crippen MR) is 83.5 cm³/mol. The zero-order chi connectivity index (χ0) is 15.7. The van der Waals surface area contributed by atoms with E-state index in [0.29, 0.717) is 13.0 Å². The van der Waals surface area contributed by atoms with Crippen LogP contribution in [0.1, 0.15) is 18.5 Å². The van der Waals surface area contributed by atoms with Crippen molar-refractivity contribution < 1.29 is 39.5 Å². The summed E-state index contributed by atoms with van der Waals surface area (Å²) in [5, 5.41) is 20.3. The van der Waals surface area contributed by atoms with Gasteiger partial charge in [-0.05, 0) is 25.8 Å². The first-order chi connectivity index (χ1) is 10.6. The minimum Gasteiger partial charge on any atom is -0.550 e. The van der Waals surface area contributed by atoms with Crippen LogP contribution >= 0.6 is 0 Å². The van der Waals surface area contributed by atoms with Crippen LogP contribution in [-0.2, 0) is 11.8 Å². The molecule has 3 rings (SSSR count). The minimum atomic E-state index is -1.02. The number of hydrogen-bond donors (Lipinski definition) is 1. The van der Waals surface area contributed by atoms with E-state index in [1.165, 1.54) is 0 Å². The molecule has 23 heavy (non-hydrogen) atoms. The second-order valence-electron chi connectivity index (χ2n) is 5.31. The standard InChI is InChI=1S/C16H18N4O2.Na/c1-10-14-15(17-9-5-8-13(21)22)11-6-3-4-7-12(11)18-16(14)20(2)19-10;/h3-4,6-7H,5,8-9H2,1-2H3,(H,17,18)(H,21,22);/q;+1/p-1. The van der Waals surface area contributed by atoms with Crippen LogP contribution in [0.25, 0.3) is 21.9 Å². The quantitative estimate of drug-likeness (QED) is 0.451. The molecule has 1 aromatic carbocycles. The Bertz CT molecular complexity index is 860. The SMILES string of the molecule is Cc1nn(C)c2nc3ccccc3c(NCCCC(=O)[O-])c12.[Na+]. The number of anilines is 1. The molecule has 0 saturated carbocycles. The summed E-state index contributed by atoms with van der Waals surface area (Å²) in [6, 6.07) is 7.89. The van der Waals surface area contributed by atoms with Crippen LogP contribution in [0, 0.1) is 6.92 Å². The maximum Gasteiger partial charge on any atom is 1.00 e. The maximum absolute atomic E-state index is 10.5. The molecule has 0 amide bonds. The third-order valence-electron chi connectivity index (χ3n) is 3.70. The third-order valence-corrected chi connectivity index (χ3v) is 3.70. The molecule has 0 saturated heterocycles. The minimum absolute atomic E-state index is 0. The van der Waals surface area contributed by atoms with Crippen LogP contribution in [0.5, 0.6) is 0 Å². The molecule has 0 bridgehead atoms. The zero-order valence-electron chi connectivity index (χ0n) is 13.6. The van der Waals surface area contributed by atoms with Crippen molar-refractivity contribution in [1.29, 1.82) is 0 Å². The molecule has 2 heterocycles. The Morgan fingerprint density at radius 1 is 1.35 bits per heavy atom. The van der Waals surface area contributed by atoms with Gasteiger partial charge in [-0.25, -0.2) is 4.98 Å². The maximum atomic E-state index is 10.5. The largest absolute Gasteiger partial charge is 1.00 e. The van der Waals surface area contributed by atoms with E-state index in [2.05, 4.69) is 15.4 Å². The van der Waals surface area contributed by atoms with E-state index in [1.807, 2.05) is 38.2 Å². The number of hydrogen-bond acceptors (Lipinski definition) is 5. The Labute approximate surface area is 156 Å². The predicted octanol–water partition coefficient (Wildman–Crippen LogP) is -1.62. The van der Waals surface area contributed by atoms with Crippen LogP contribution < -0.4 is 40.0 Å². The van der Waals surface area contributed by atoms with Crippen molar-refractivity contribution in [2.24, 2.45) is 7.05 Å². The summed E-state index contributed by atoms with van der Waals surface area (Å²) in [4.78, 5) is 15.2. The number of fused-ring (bicyclic) bond motifs is 2. The van der Waals surface area contributed by atoms with E-state index >= 15 is 0 Å². The van der Waals surface area contributed by atoms with Crippen molar-refractivity contribution in [3.63, 3.8) is 0 Å². The number of pyridine rings is 1. The second kappa shape index (κ2) is 7.29. The van der Waals surface area contributed by atoms with Gasteiger partial charge in [0.1, 0.15) is 0 Å². The molecule has 0 atom stereocenters. The van der Waals surface area contributed by atoms with Gasteiger partial charge in [0.25, 0.3) is 0 Å². The monoisotopic (exact) mass is 320 g/mol. The molecule has 2 aromatic heterocycles. The fourth-order valence-electron chi connectivity index (χ4n) is 2.73. The first-order valence-electron chi connectivity index (χ1n) is 7.23. The first-order valence-corrected chi connectivity index (χ1v) is 7.23.